The van der Waals surface area contributed by atoms with E-state index in [0.717, 1.165) is 30.2 Å². The topological polar surface area (TPSA) is 51.2 Å². The van der Waals surface area contributed by atoms with Crippen molar-refractivity contribution in [2.45, 2.75) is 43.9 Å². The van der Waals surface area contributed by atoms with Crippen LogP contribution in [0.25, 0.3) is 10.9 Å². The maximum atomic E-state index is 12.2. The van der Waals surface area contributed by atoms with Gasteiger partial charge < -0.3 is 10.1 Å². The molecule has 0 saturated heterocycles. The Morgan fingerprint density at radius 3 is 3.04 bits per heavy atom. The fourth-order valence-corrected chi connectivity index (χ4v) is 4.52. The number of rotatable bonds is 8. The Morgan fingerprint density at radius 2 is 2.19 bits per heavy atom. The smallest absolute Gasteiger partial charge is 0.230 e. The first-order valence-corrected chi connectivity index (χ1v) is 10.6. The van der Waals surface area contributed by atoms with Gasteiger partial charge in [-0.1, -0.05) is 11.6 Å². The standard InChI is InChI=1S/C20H25ClN2O2S/c1-2-25-11-5-10-22-19(24)13-26-20-15-6-3-4-7-17(15)23-18-9-8-14(21)12-16(18)20/h8-9,12H,2-7,10-11,13H2,1H3,(H,22,24). The summed E-state index contributed by atoms with van der Waals surface area (Å²) in [6.45, 7) is 4.03. The summed E-state index contributed by atoms with van der Waals surface area (Å²) in [6, 6.07) is 5.83. The maximum absolute atomic E-state index is 12.2. The fourth-order valence-electron chi connectivity index (χ4n) is 3.25. The van der Waals surface area contributed by atoms with Crippen molar-refractivity contribution in [2.75, 3.05) is 25.5 Å². The van der Waals surface area contributed by atoms with Crippen LogP contribution in [-0.2, 0) is 22.4 Å². The first kappa shape index (κ1) is 19.5. The van der Waals surface area contributed by atoms with Crippen molar-refractivity contribution in [1.82, 2.24) is 10.3 Å². The third-order valence-corrected chi connectivity index (χ3v) is 5.91. The fraction of sp³-hybridized carbons (Fsp3) is 0.500. The summed E-state index contributed by atoms with van der Waals surface area (Å²) in [7, 11) is 0. The van der Waals surface area contributed by atoms with Crippen LogP contribution in [0.5, 0.6) is 0 Å². The molecule has 0 unspecified atom stereocenters. The van der Waals surface area contributed by atoms with E-state index in [0.29, 0.717) is 30.5 Å². The molecule has 0 aliphatic heterocycles. The van der Waals surface area contributed by atoms with E-state index in [1.807, 2.05) is 25.1 Å². The number of hydrogen-bond acceptors (Lipinski definition) is 4. The average molecular weight is 393 g/mol. The third-order valence-electron chi connectivity index (χ3n) is 4.51. The monoisotopic (exact) mass is 392 g/mol. The van der Waals surface area contributed by atoms with Crippen LogP contribution >= 0.6 is 23.4 Å². The quantitative estimate of drug-likeness (QED) is 0.534. The lowest BCUT2D eigenvalue weighted by Crippen LogP contribution is -2.27. The Hall–Kier alpha value is -1.30. The molecule has 0 atom stereocenters. The van der Waals surface area contributed by atoms with E-state index < -0.39 is 0 Å². The van der Waals surface area contributed by atoms with Gasteiger partial charge in [-0.2, -0.15) is 0 Å². The normalized spacial score (nSPS) is 13.6. The van der Waals surface area contributed by atoms with Crippen LogP contribution in [0.4, 0.5) is 0 Å². The Bertz CT molecular complexity index is 782. The number of carbonyl (C=O) groups is 1. The second-order valence-electron chi connectivity index (χ2n) is 6.42. The van der Waals surface area contributed by atoms with E-state index in [9.17, 15) is 4.79 Å². The summed E-state index contributed by atoms with van der Waals surface area (Å²) in [5.74, 6) is 0.468. The lowest BCUT2D eigenvalue weighted by molar-refractivity contribution is -0.118. The zero-order chi connectivity index (χ0) is 18.4. The minimum Gasteiger partial charge on any atom is -0.382 e. The van der Waals surface area contributed by atoms with Gasteiger partial charge in [0.1, 0.15) is 0 Å². The van der Waals surface area contributed by atoms with Crippen LogP contribution in [0.2, 0.25) is 5.02 Å². The molecule has 0 radical (unpaired) electrons. The largest absolute Gasteiger partial charge is 0.382 e. The number of fused-ring (bicyclic) bond motifs is 2. The third kappa shape index (κ3) is 4.90. The zero-order valence-corrected chi connectivity index (χ0v) is 16.7. The molecular formula is C20H25ClN2O2S. The number of pyridine rings is 1. The van der Waals surface area contributed by atoms with Gasteiger partial charge in [0.05, 0.1) is 11.3 Å². The molecule has 1 aromatic carbocycles. The maximum Gasteiger partial charge on any atom is 0.230 e. The SMILES string of the molecule is CCOCCCNC(=O)CSc1c2c(nc3ccc(Cl)cc13)CCCC2. The number of aromatic nitrogens is 1. The molecule has 1 aromatic heterocycles. The van der Waals surface area contributed by atoms with Crippen molar-refractivity contribution in [3.63, 3.8) is 0 Å². The van der Waals surface area contributed by atoms with Crippen molar-refractivity contribution >= 4 is 40.2 Å². The Labute approximate surface area is 164 Å². The second-order valence-corrected chi connectivity index (χ2v) is 7.85. The molecule has 0 bridgehead atoms. The number of halogens is 1. The van der Waals surface area contributed by atoms with Gasteiger partial charge in [-0.05, 0) is 62.8 Å². The zero-order valence-electron chi connectivity index (χ0n) is 15.1. The number of nitrogens with one attached hydrogen (secondary N) is 1. The van der Waals surface area contributed by atoms with Crippen molar-refractivity contribution < 1.29 is 9.53 Å². The lowest BCUT2D eigenvalue weighted by Gasteiger charge is -2.20. The van der Waals surface area contributed by atoms with E-state index in [2.05, 4.69) is 5.32 Å². The van der Waals surface area contributed by atoms with Crippen LogP contribution < -0.4 is 5.32 Å². The number of hydrogen-bond donors (Lipinski definition) is 1. The molecule has 1 aliphatic carbocycles. The highest BCUT2D eigenvalue weighted by Crippen LogP contribution is 2.36. The lowest BCUT2D eigenvalue weighted by atomic mass is 9.94. The van der Waals surface area contributed by atoms with Crippen molar-refractivity contribution in [3.8, 4) is 0 Å². The Balaban J connectivity index is 1.72. The number of carbonyl (C=O) groups excluding carboxylic acids is 1. The van der Waals surface area contributed by atoms with Crippen LogP contribution in [0, 0.1) is 0 Å². The summed E-state index contributed by atoms with van der Waals surface area (Å²) >= 11 is 7.83. The number of aryl methyl sites for hydroxylation is 1. The van der Waals surface area contributed by atoms with Gasteiger partial charge >= 0.3 is 0 Å². The highest BCUT2D eigenvalue weighted by atomic mass is 35.5. The molecular weight excluding hydrogens is 368 g/mol. The van der Waals surface area contributed by atoms with E-state index in [-0.39, 0.29) is 5.91 Å². The molecule has 2 aromatic rings. The molecule has 1 amide bonds. The molecule has 140 valence electrons. The number of thioether (sulfide) groups is 1. The minimum atomic E-state index is 0.0584. The van der Waals surface area contributed by atoms with Gasteiger partial charge in [0.25, 0.3) is 0 Å². The van der Waals surface area contributed by atoms with E-state index in [1.165, 1.54) is 29.0 Å². The molecule has 6 heteroatoms. The first-order valence-electron chi connectivity index (χ1n) is 9.27. The molecule has 4 nitrogen and oxygen atoms in total. The highest BCUT2D eigenvalue weighted by Gasteiger charge is 2.19. The molecule has 3 rings (SSSR count). The highest BCUT2D eigenvalue weighted by molar-refractivity contribution is 8.00. The predicted molar refractivity (Wildman–Crippen MR) is 108 cm³/mol. The Kier molecular flexibility index (Phi) is 7.17. The number of ether oxygens (including phenoxy) is 1. The summed E-state index contributed by atoms with van der Waals surface area (Å²) in [6.07, 6.45) is 5.25. The van der Waals surface area contributed by atoms with E-state index in [1.54, 1.807) is 11.8 Å². The van der Waals surface area contributed by atoms with Crippen LogP contribution in [0.15, 0.2) is 23.1 Å². The van der Waals surface area contributed by atoms with Crippen LogP contribution in [0.3, 0.4) is 0 Å². The molecule has 0 saturated carbocycles. The average Bonchev–Trinajstić information content (AvgIpc) is 2.65. The van der Waals surface area contributed by atoms with Gasteiger partial charge in [0, 0.05) is 40.8 Å². The van der Waals surface area contributed by atoms with E-state index >= 15 is 0 Å². The van der Waals surface area contributed by atoms with Gasteiger partial charge in [-0.15, -0.1) is 11.8 Å². The Morgan fingerprint density at radius 1 is 1.35 bits per heavy atom. The molecule has 0 fully saturated rings. The summed E-state index contributed by atoms with van der Waals surface area (Å²) in [4.78, 5) is 18.2. The molecule has 1 aliphatic rings. The van der Waals surface area contributed by atoms with Gasteiger partial charge in [0.15, 0.2) is 0 Å². The second kappa shape index (κ2) is 9.58. The molecule has 1 N–H and O–H groups in total. The van der Waals surface area contributed by atoms with Gasteiger partial charge in [0.2, 0.25) is 5.91 Å². The number of amides is 1. The van der Waals surface area contributed by atoms with Crippen LogP contribution in [0.1, 0.15) is 37.4 Å². The summed E-state index contributed by atoms with van der Waals surface area (Å²) in [5, 5.41) is 4.74. The first-order chi connectivity index (χ1) is 12.7. The predicted octanol–water partition coefficient (Wildman–Crippen LogP) is 4.40. The summed E-state index contributed by atoms with van der Waals surface area (Å²) < 4.78 is 5.29. The molecule has 0 spiro atoms. The van der Waals surface area contributed by atoms with Crippen molar-refractivity contribution in [2.24, 2.45) is 0 Å². The van der Waals surface area contributed by atoms with Crippen molar-refractivity contribution in [3.05, 3.63) is 34.5 Å². The number of nitrogens with zero attached hydrogens (tertiary/aromatic N) is 1. The number of benzene rings is 1. The van der Waals surface area contributed by atoms with Crippen molar-refractivity contribution in [1.29, 1.82) is 0 Å². The van der Waals surface area contributed by atoms with E-state index in [4.69, 9.17) is 21.3 Å². The van der Waals surface area contributed by atoms with Gasteiger partial charge in [-0.25, -0.2) is 0 Å². The molecule has 26 heavy (non-hydrogen) atoms. The van der Waals surface area contributed by atoms with Crippen LogP contribution in [-0.4, -0.2) is 36.4 Å². The molecule has 1 heterocycles. The summed E-state index contributed by atoms with van der Waals surface area (Å²) in [5.41, 5.74) is 3.46. The minimum absolute atomic E-state index is 0.0584. The van der Waals surface area contributed by atoms with Gasteiger partial charge in [-0.3, -0.25) is 9.78 Å².